The van der Waals surface area contributed by atoms with Gasteiger partial charge in [0.05, 0.1) is 0 Å². The monoisotopic (exact) mass is 469 g/mol. The van der Waals surface area contributed by atoms with Crippen molar-refractivity contribution in [1.82, 2.24) is 20.4 Å². The first-order chi connectivity index (χ1) is 11.7. The Hall–Kier alpha value is -0.120. The lowest BCUT2D eigenvalue weighted by Gasteiger charge is -2.18. The SMILES string of the molecule is CCCN1CCC(CN=C(NCC)NCCN(C)CCCOC)C1.I. The van der Waals surface area contributed by atoms with Crippen molar-refractivity contribution >= 4 is 29.9 Å². The quantitative estimate of drug-likeness (QED) is 0.198. The van der Waals surface area contributed by atoms with Crippen LogP contribution in [-0.2, 0) is 4.74 Å². The normalized spacial score (nSPS) is 18.4. The second kappa shape index (κ2) is 16.1. The van der Waals surface area contributed by atoms with E-state index in [9.17, 15) is 0 Å². The summed E-state index contributed by atoms with van der Waals surface area (Å²) in [6.07, 6.45) is 3.61. The summed E-state index contributed by atoms with van der Waals surface area (Å²) in [6.45, 7) is 13.7. The largest absolute Gasteiger partial charge is 0.385 e. The average Bonchev–Trinajstić information content (AvgIpc) is 3.01. The lowest BCUT2D eigenvalue weighted by molar-refractivity contribution is 0.180. The zero-order valence-electron chi connectivity index (χ0n) is 16.7. The Bertz CT molecular complexity index is 343. The van der Waals surface area contributed by atoms with Gasteiger partial charge in [0, 0.05) is 53.0 Å². The van der Waals surface area contributed by atoms with E-state index in [0.717, 1.165) is 51.7 Å². The summed E-state index contributed by atoms with van der Waals surface area (Å²) in [5.41, 5.74) is 0. The van der Waals surface area contributed by atoms with Crippen LogP contribution in [0, 0.1) is 5.92 Å². The van der Waals surface area contributed by atoms with E-state index in [1.54, 1.807) is 7.11 Å². The van der Waals surface area contributed by atoms with Gasteiger partial charge in [0.25, 0.3) is 0 Å². The molecule has 1 saturated heterocycles. The maximum Gasteiger partial charge on any atom is 0.191 e. The number of halogens is 1. The summed E-state index contributed by atoms with van der Waals surface area (Å²) in [5, 5.41) is 6.81. The minimum absolute atomic E-state index is 0. The molecule has 0 aromatic carbocycles. The van der Waals surface area contributed by atoms with Crippen molar-refractivity contribution in [3.05, 3.63) is 0 Å². The topological polar surface area (TPSA) is 52.1 Å². The molecule has 25 heavy (non-hydrogen) atoms. The van der Waals surface area contributed by atoms with Crippen molar-refractivity contribution in [2.45, 2.75) is 33.1 Å². The highest BCUT2D eigenvalue weighted by Crippen LogP contribution is 2.16. The molecule has 0 aliphatic carbocycles. The summed E-state index contributed by atoms with van der Waals surface area (Å²) >= 11 is 0. The van der Waals surface area contributed by atoms with E-state index in [2.05, 4.69) is 41.3 Å². The highest BCUT2D eigenvalue weighted by molar-refractivity contribution is 14.0. The van der Waals surface area contributed by atoms with Crippen LogP contribution in [0.25, 0.3) is 0 Å². The van der Waals surface area contributed by atoms with Gasteiger partial charge in [-0.3, -0.25) is 4.99 Å². The fourth-order valence-corrected chi connectivity index (χ4v) is 3.10. The molecule has 0 radical (unpaired) electrons. The number of nitrogens with zero attached hydrogens (tertiary/aromatic N) is 3. The molecule has 0 saturated carbocycles. The molecule has 0 amide bonds. The van der Waals surface area contributed by atoms with E-state index in [1.807, 2.05) is 0 Å². The molecule has 7 heteroatoms. The third kappa shape index (κ3) is 12.0. The van der Waals surface area contributed by atoms with Gasteiger partial charge in [0.2, 0.25) is 0 Å². The fraction of sp³-hybridized carbons (Fsp3) is 0.944. The summed E-state index contributed by atoms with van der Waals surface area (Å²) in [4.78, 5) is 9.69. The van der Waals surface area contributed by atoms with Gasteiger partial charge >= 0.3 is 0 Å². The molecule has 0 spiro atoms. The number of rotatable bonds is 12. The van der Waals surface area contributed by atoms with Gasteiger partial charge in [-0.2, -0.15) is 0 Å². The third-order valence-corrected chi connectivity index (χ3v) is 4.44. The van der Waals surface area contributed by atoms with Crippen molar-refractivity contribution in [2.75, 3.05) is 73.1 Å². The van der Waals surface area contributed by atoms with Crippen LogP contribution in [0.1, 0.15) is 33.1 Å². The second-order valence-electron chi connectivity index (χ2n) is 6.75. The number of guanidine groups is 1. The summed E-state index contributed by atoms with van der Waals surface area (Å²) in [7, 11) is 3.91. The number of ether oxygens (including phenoxy) is 1. The van der Waals surface area contributed by atoms with Gasteiger partial charge in [-0.25, -0.2) is 0 Å². The molecule has 1 unspecified atom stereocenters. The van der Waals surface area contributed by atoms with E-state index >= 15 is 0 Å². The molecular weight excluding hydrogens is 429 g/mol. The highest BCUT2D eigenvalue weighted by atomic mass is 127. The first-order valence-corrected chi connectivity index (χ1v) is 9.61. The van der Waals surface area contributed by atoms with Crippen molar-refractivity contribution in [3.8, 4) is 0 Å². The third-order valence-electron chi connectivity index (χ3n) is 4.44. The van der Waals surface area contributed by atoms with E-state index < -0.39 is 0 Å². The first kappa shape index (κ1) is 24.9. The summed E-state index contributed by atoms with van der Waals surface area (Å²) < 4.78 is 5.10. The minimum Gasteiger partial charge on any atom is -0.385 e. The van der Waals surface area contributed by atoms with Crippen molar-refractivity contribution in [1.29, 1.82) is 0 Å². The molecule has 1 fully saturated rings. The second-order valence-corrected chi connectivity index (χ2v) is 6.75. The van der Waals surface area contributed by atoms with Gasteiger partial charge < -0.3 is 25.2 Å². The van der Waals surface area contributed by atoms with Crippen LogP contribution >= 0.6 is 24.0 Å². The number of methoxy groups -OCH3 is 1. The van der Waals surface area contributed by atoms with Crippen LogP contribution in [0.3, 0.4) is 0 Å². The maximum absolute atomic E-state index is 5.10. The van der Waals surface area contributed by atoms with Crippen LogP contribution in [0.15, 0.2) is 4.99 Å². The van der Waals surface area contributed by atoms with E-state index in [4.69, 9.17) is 9.73 Å². The van der Waals surface area contributed by atoms with Crippen LogP contribution in [0.2, 0.25) is 0 Å². The van der Waals surface area contributed by atoms with E-state index in [0.29, 0.717) is 5.92 Å². The standard InChI is InChI=1S/C18H39N5O.HI/c1-5-10-23-12-8-17(16-23)15-21-18(19-6-2)20-9-13-22(3)11-7-14-24-4;/h17H,5-16H2,1-4H3,(H2,19,20,21);1H. The summed E-state index contributed by atoms with van der Waals surface area (Å²) in [5.74, 6) is 1.67. The van der Waals surface area contributed by atoms with Gasteiger partial charge in [-0.05, 0) is 52.2 Å². The Labute approximate surface area is 172 Å². The molecule has 1 aliphatic heterocycles. The molecule has 1 aliphatic rings. The zero-order chi connectivity index (χ0) is 17.6. The summed E-state index contributed by atoms with van der Waals surface area (Å²) in [6, 6.07) is 0. The molecule has 1 atom stereocenters. The predicted molar refractivity (Wildman–Crippen MR) is 118 cm³/mol. The van der Waals surface area contributed by atoms with Gasteiger partial charge in [-0.15, -0.1) is 24.0 Å². The minimum atomic E-state index is 0. The molecule has 0 aromatic heterocycles. The Morgan fingerprint density at radius 3 is 2.76 bits per heavy atom. The molecule has 0 bridgehead atoms. The molecule has 6 nitrogen and oxygen atoms in total. The number of hydrogen-bond acceptors (Lipinski definition) is 4. The lowest BCUT2D eigenvalue weighted by atomic mass is 10.1. The Morgan fingerprint density at radius 2 is 2.08 bits per heavy atom. The molecule has 1 rings (SSSR count). The Kier molecular flexibility index (Phi) is 16.0. The number of likely N-dealkylation sites (tertiary alicyclic amines) is 1. The maximum atomic E-state index is 5.10. The van der Waals surface area contributed by atoms with Gasteiger partial charge in [0.15, 0.2) is 5.96 Å². The number of nitrogens with one attached hydrogen (secondary N) is 2. The predicted octanol–water partition coefficient (Wildman–Crippen LogP) is 1.86. The molecule has 1 heterocycles. The van der Waals surface area contributed by atoms with Crippen molar-refractivity contribution < 1.29 is 4.74 Å². The van der Waals surface area contributed by atoms with Gasteiger partial charge in [-0.1, -0.05) is 6.92 Å². The van der Waals surface area contributed by atoms with Crippen molar-refractivity contribution in [3.63, 3.8) is 0 Å². The highest BCUT2D eigenvalue weighted by Gasteiger charge is 2.21. The van der Waals surface area contributed by atoms with Gasteiger partial charge in [0.1, 0.15) is 0 Å². The zero-order valence-corrected chi connectivity index (χ0v) is 19.1. The Balaban J connectivity index is 0.00000576. The first-order valence-electron chi connectivity index (χ1n) is 9.61. The molecular formula is C18H40IN5O. The number of aliphatic imine (C=N–C) groups is 1. The smallest absolute Gasteiger partial charge is 0.191 e. The number of hydrogen-bond donors (Lipinski definition) is 2. The van der Waals surface area contributed by atoms with E-state index in [-0.39, 0.29) is 24.0 Å². The van der Waals surface area contributed by atoms with E-state index in [1.165, 1.54) is 32.5 Å². The van der Waals surface area contributed by atoms with Crippen LogP contribution in [0.4, 0.5) is 0 Å². The Morgan fingerprint density at radius 1 is 1.28 bits per heavy atom. The van der Waals surface area contributed by atoms with Crippen LogP contribution < -0.4 is 10.6 Å². The molecule has 2 N–H and O–H groups in total. The molecule has 150 valence electrons. The number of likely N-dealkylation sites (N-methyl/N-ethyl adjacent to an activating group) is 1. The van der Waals surface area contributed by atoms with Crippen molar-refractivity contribution in [2.24, 2.45) is 10.9 Å². The van der Waals surface area contributed by atoms with Crippen LogP contribution in [0.5, 0.6) is 0 Å². The van der Waals surface area contributed by atoms with Crippen LogP contribution in [-0.4, -0.2) is 88.9 Å². The lowest BCUT2D eigenvalue weighted by Crippen LogP contribution is -2.41. The average molecular weight is 469 g/mol. The molecule has 0 aromatic rings. The fourth-order valence-electron chi connectivity index (χ4n) is 3.10.